The topological polar surface area (TPSA) is 15.3 Å². The lowest BCUT2D eigenvalue weighted by Crippen LogP contribution is -2.15. The van der Waals surface area contributed by atoms with Crippen molar-refractivity contribution < 1.29 is 0 Å². The summed E-state index contributed by atoms with van der Waals surface area (Å²) in [5, 5.41) is 3.19. The molecule has 1 aromatic carbocycles. The second kappa shape index (κ2) is 4.70. The molecule has 0 aromatic heterocycles. The number of allylic oxidation sites excluding steroid dienone is 2. The number of anilines is 2. The van der Waals surface area contributed by atoms with Gasteiger partial charge in [-0.3, -0.25) is 0 Å². The summed E-state index contributed by atoms with van der Waals surface area (Å²) >= 11 is 0. The van der Waals surface area contributed by atoms with E-state index in [4.69, 9.17) is 0 Å². The molecule has 0 radical (unpaired) electrons. The molecule has 0 bridgehead atoms. The minimum absolute atomic E-state index is 1.15. The van der Waals surface area contributed by atoms with Gasteiger partial charge in [-0.05, 0) is 26.0 Å². The molecule has 0 unspecified atom stereocenters. The second-order valence-electron chi connectivity index (χ2n) is 3.26. The van der Waals surface area contributed by atoms with E-state index in [1.807, 2.05) is 20.0 Å². The molecule has 0 saturated heterocycles. The van der Waals surface area contributed by atoms with Crippen LogP contribution in [-0.2, 0) is 0 Å². The van der Waals surface area contributed by atoms with E-state index in [1.54, 1.807) is 0 Å². The van der Waals surface area contributed by atoms with Crippen LogP contribution in [0.1, 0.15) is 13.8 Å². The molecule has 2 heteroatoms. The molecule has 0 saturated carbocycles. The minimum atomic E-state index is 1.15. The molecule has 76 valence electrons. The highest BCUT2D eigenvalue weighted by molar-refractivity contribution is 5.71. The number of para-hydroxylation sites is 2. The van der Waals surface area contributed by atoms with Crippen molar-refractivity contribution in [3.05, 3.63) is 36.0 Å². The molecule has 0 aliphatic rings. The molecule has 0 spiro atoms. The molecule has 0 aliphatic heterocycles. The van der Waals surface area contributed by atoms with E-state index >= 15 is 0 Å². The summed E-state index contributed by atoms with van der Waals surface area (Å²) in [6.45, 7) is 4.15. The van der Waals surface area contributed by atoms with Crippen molar-refractivity contribution in [1.82, 2.24) is 0 Å². The van der Waals surface area contributed by atoms with Gasteiger partial charge in [0.15, 0.2) is 0 Å². The van der Waals surface area contributed by atoms with Gasteiger partial charge >= 0.3 is 0 Å². The van der Waals surface area contributed by atoms with Crippen LogP contribution in [0.3, 0.4) is 0 Å². The third-order valence-corrected chi connectivity index (χ3v) is 2.48. The predicted octanol–water partition coefficient (Wildman–Crippen LogP) is 3.09. The van der Waals surface area contributed by atoms with Crippen LogP contribution < -0.4 is 10.2 Å². The van der Waals surface area contributed by atoms with Crippen LogP contribution in [0.2, 0.25) is 0 Å². The number of hydrogen-bond acceptors (Lipinski definition) is 2. The Labute approximate surface area is 86.2 Å². The van der Waals surface area contributed by atoms with Crippen molar-refractivity contribution in [3.63, 3.8) is 0 Å². The zero-order chi connectivity index (χ0) is 10.6. The van der Waals surface area contributed by atoms with Gasteiger partial charge in [-0.1, -0.05) is 18.2 Å². The fraction of sp³-hybridized carbons (Fsp3) is 0.333. The number of rotatable bonds is 3. The van der Waals surface area contributed by atoms with E-state index in [1.165, 1.54) is 11.4 Å². The molecule has 14 heavy (non-hydrogen) atoms. The van der Waals surface area contributed by atoms with Crippen molar-refractivity contribution in [3.8, 4) is 0 Å². The van der Waals surface area contributed by atoms with Crippen molar-refractivity contribution in [2.75, 3.05) is 24.3 Å². The van der Waals surface area contributed by atoms with Crippen molar-refractivity contribution in [2.45, 2.75) is 13.8 Å². The smallest absolute Gasteiger partial charge is 0.0641 e. The third-order valence-electron chi connectivity index (χ3n) is 2.48. The molecule has 1 N–H and O–H groups in total. The van der Waals surface area contributed by atoms with Crippen LogP contribution in [0, 0.1) is 0 Å². The van der Waals surface area contributed by atoms with Crippen LogP contribution in [0.5, 0.6) is 0 Å². The summed E-state index contributed by atoms with van der Waals surface area (Å²) in [5.41, 5.74) is 3.59. The van der Waals surface area contributed by atoms with Gasteiger partial charge in [0.1, 0.15) is 0 Å². The summed E-state index contributed by atoms with van der Waals surface area (Å²) < 4.78 is 0. The van der Waals surface area contributed by atoms with E-state index in [-0.39, 0.29) is 0 Å². The lowest BCUT2D eigenvalue weighted by molar-refractivity contribution is 1.08. The summed E-state index contributed by atoms with van der Waals surface area (Å²) in [5.74, 6) is 0. The average Bonchev–Trinajstić information content (AvgIpc) is 2.26. The first kappa shape index (κ1) is 10.6. The Balaban J connectivity index is 3.05. The molecular formula is C12H18N2. The van der Waals surface area contributed by atoms with E-state index in [2.05, 4.69) is 48.5 Å². The van der Waals surface area contributed by atoms with Gasteiger partial charge in [0.2, 0.25) is 0 Å². The highest BCUT2D eigenvalue weighted by atomic mass is 15.1. The van der Waals surface area contributed by atoms with Crippen LogP contribution in [0.4, 0.5) is 11.4 Å². The monoisotopic (exact) mass is 190 g/mol. The summed E-state index contributed by atoms with van der Waals surface area (Å²) in [6.07, 6.45) is 2.10. The lowest BCUT2D eigenvalue weighted by Gasteiger charge is -2.22. The Morgan fingerprint density at radius 3 is 2.57 bits per heavy atom. The van der Waals surface area contributed by atoms with Crippen LogP contribution in [-0.4, -0.2) is 14.1 Å². The van der Waals surface area contributed by atoms with Crippen LogP contribution in [0.25, 0.3) is 0 Å². The van der Waals surface area contributed by atoms with E-state index < -0.39 is 0 Å². The SMILES string of the molecule is CC=C(C)N(C)c1ccccc1NC. The normalized spacial score (nSPS) is 11.3. The largest absolute Gasteiger partial charge is 0.386 e. The molecular weight excluding hydrogens is 172 g/mol. The average molecular weight is 190 g/mol. The van der Waals surface area contributed by atoms with E-state index in [9.17, 15) is 0 Å². The Morgan fingerprint density at radius 1 is 1.36 bits per heavy atom. The van der Waals surface area contributed by atoms with Gasteiger partial charge in [-0.2, -0.15) is 0 Å². The maximum Gasteiger partial charge on any atom is 0.0641 e. The Kier molecular flexibility index (Phi) is 3.57. The molecule has 2 nitrogen and oxygen atoms in total. The molecule has 0 amide bonds. The summed E-state index contributed by atoms with van der Waals surface area (Å²) in [7, 11) is 4.02. The van der Waals surface area contributed by atoms with E-state index in [0.717, 1.165) is 5.69 Å². The second-order valence-corrected chi connectivity index (χ2v) is 3.26. The standard InChI is InChI=1S/C12H18N2/c1-5-10(2)14(4)12-9-7-6-8-11(12)13-3/h5-9,13H,1-4H3. The zero-order valence-electron chi connectivity index (χ0n) is 9.33. The first-order valence-electron chi connectivity index (χ1n) is 4.84. The molecule has 0 heterocycles. The number of hydrogen-bond donors (Lipinski definition) is 1. The van der Waals surface area contributed by atoms with Gasteiger partial charge in [-0.15, -0.1) is 0 Å². The van der Waals surface area contributed by atoms with Gasteiger partial charge in [-0.25, -0.2) is 0 Å². The lowest BCUT2D eigenvalue weighted by atomic mass is 10.2. The van der Waals surface area contributed by atoms with Crippen molar-refractivity contribution in [1.29, 1.82) is 0 Å². The number of nitrogens with one attached hydrogen (secondary N) is 1. The Hall–Kier alpha value is -1.44. The van der Waals surface area contributed by atoms with Crippen LogP contribution in [0.15, 0.2) is 36.0 Å². The van der Waals surface area contributed by atoms with E-state index in [0.29, 0.717) is 0 Å². The minimum Gasteiger partial charge on any atom is -0.386 e. The van der Waals surface area contributed by atoms with Gasteiger partial charge < -0.3 is 10.2 Å². The summed E-state index contributed by atoms with van der Waals surface area (Å²) in [4.78, 5) is 2.17. The molecule has 0 aliphatic carbocycles. The molecule has 0 atom stereocenters. The third kappa shape index (κ3) is 2.08. The van der Waals surface area contributed by atoms with Gasteiger partial charge in [0.25, 0.3) is 0 Å². The van der Waals surface area contributed by atoms with Gasteiger partial charge in [0.05, 0.1) is 11.4 Å². The number of nitrogens with zero attached hydrogens (tertiary/aromatic N) is 1. The van der Waals surface area contributed by atoms with Crippen molar-refractivity contribution >= 4 is 11.4 Å². The highest BCUT2D eigenvalue weighted by Crippen LogP contribution is 2.26. The molecule has 1 rings (SSSR count). The summed E-state index contributed by atoms with van der Waals surface area (Å²) in [6, 6.07) is 8.28. The zero-order valence-corrected chi connectivity index (χ0v) is 9.33. The maximum absolute atomic E-state index is 3.19. The first-order valence-corrected chi connectivity index (χ1v) is 4.84. The fourth-order valence-electron chi connectivity index (χ4n) is 1.36. The Morgan fingerprint density at radius 2 is 2.00 bits per heavy atom. The quantitative estimate of drug-likeness (QED) is 0.788. The predicted molar refractivity (Wildman–Crippen MR) is 63.8 cm³/mol. The Bertz CT molecular complexity index is 329. The number of benzene rings is 1. The maximum atomic E-state index is 3.19. The van der Waals surface area contributed by atoms with Gasteiger partial charge in [0, 0.05) is 19.8 Å². The van der Waals surface area contributed by atoms with Crippen molar-refractivity contribution in [2.24, 2.45) is 0 Å². The first-order chi connectivity index (χ1) is 6.70. The highest BCUT2D eigenvalue weighted by Gasteiger charge is 2.05. The molecule has 0 fully saturated rings. The fourth-order valence-corrected chi connectivity index (χ4v) is 1.36. The van der Waals surface area contributed by atoms with Crippen LogP contribution >= 0.6 is 0 Å². The molecule has 1 aromatic rings.